The van der Waals surface area contributed by atoms with Crippen LogP contribution in [0, 0.1) is 23.7 Å². The molecule has 2 nitrogen and oxygen atoms in total. The van der Waals surface area contributed by atoms with E-state index in [2.05, 4.69) is 132 Å². The van der Waals surface area contributed by atoms with Crippen molar-refractivity contribution in [1.82, 2.24) is 0 Å². The quantitative estimate of drug-likeness (QED) is 0.183. The summed E-state index contributed by atoms with van der Waals surface area (Å²) in [5.74, 6) is 3.31. The summed E-state index contributed by atoms with van der Waals surface area (Å²) in [5, 5.41) is 2.35. The van der Waals surface area contributed by atoms with Gasteiger partial charge in [-0.2, -0.15) is 0 Å². The predicted octanol–water partition coefficient (Wildman–Crippen LogP) is 14.0. The smallest absolute Gasteiger partial charge is 0.135 e. The van der Waals surface area contributed by atoms with Crippen molar-refractivity contribution in [3.05, 3.63) is 150 Å². The van der Waals surface area contributed by atoms with Gasteiger partial charge in [-0.3, -0.25) is 0 Å². The molecule has 1 aromatic heterocycles. The Morgan fingerprint density at radius 2 is 1.04 bits per heavy atom. The van der Waals surface area contributed by atoms with E-state index in [1.54, 1.807) is 22.3 Å². The Hall–Kier alpha value is -5.08. The molecule has 7 aromatic rings. The van der Waals surface area contributed by atoms with Gasteiger partial charge in [-0.15, -0.1) is 0 Å². The van der Waals surface area contributed by atoms with Crippen molar-refractivity contribution in [1.29, 1.82) is 0 Å². The van der Waals surface area contributed by atoms with Crippen molar-refractivity contribution < 1.29 is 4.42 Å². The van der Waals surface area contributed by atoms with Crippen molar-refractivity contribution >= 4 is 39.0 Å². The van der Waals surface area contributed by atoms with E-state index in [9.17, 15) is 0 Å². The molecule has 54 heavy (non-hydrogen) atoms. The van der Waals surface area contributed by atoms with Crippen molar-refractivity contribution in [2.75, 3.05) is 4.90 Å². The van der Waals surface area contributed by atoms with E-state index in [1.807, 2.05) is 0 Å². The van der Waals surface area contributed by atoms with Gasteiger partial charge in [0.1, 0.15) is 11.2 Å². The minimum absolute atomic E-state index is 0.121. The lowest BCUT2D eigenvalue weighted by atomic mass is 9.43. The Balaban J connectivity index is 1.04. The molecule has 0 unspecified atom stereocenters. The highest BCUT2D eigenvalue weighted by atomic mass is 16.3. The van der Waals surface area contributed by atoms with E-state index >= 15 is 0 Å². The van der Waals surface area contributed by atoms with Crippen LogP contribution in [0.1, 0.15) is 86.5 Å². The minimum atomic E-state index is 0.121. The van der Waals surface area contributed by atoms with Gasteiger partial charge in [0.25, 0.3) is 0 Å². The van der Waals surface area contributed by atoms with Crippen LogP contribution in [0.2, 0.25) is 0 Å². The predicted molar refractivity (Wildman–Crippen MR) is 221 cm³/mol. The number of benzene rings is 6. The molecular formula is C52H45NO. The number of hydrogen-bond donors (Lipinski definition) is 0. The zero-order valence-corrected chi connectivity index (χ0v) is 30.9. The molecule has 5 fully saturated rings. The number of rotatable bonds is 3. The van der Waals surface area contributed by atoms with Gasteiger partial charge in [-0.05, 0) is 162 Å². The molecule has 7 aliphatic rings. The van der Waals surface area contributed by atoms with Crippen LogP contribution in [0.5, 0.6) is 0 Å². The number of para-hydroxylation sites is 1. The summed E-state index contributed by atoms with van der Waals surface area (Å²) in [6.07, 6.45) is 13.5. The van der Waals surface area contributed by atoms with Crippen molar-refractivity contribution in [2.45, 2.75) is 75.0 Å². The maximum Gasteiger partial charge on any atom is 0.135 e. The molecule has 0 amide bonds. The fourth-order valence-electron chi connectivity index (χ4n) is 13.9. The number of anilines is 3. The molecule has 1 heterocycles. The SMILES string of the molecule is c1ccc2c(c1)-c1cc(N(c3ccc4c(c3)C3(c5ccccc5-4)C4CC5CC(C4)CC3C5)c3ccc4oc5ccccc5c4c3)ccc1C21CCCCC1. The molecule has 0 atom stereocenters. The van der Waals surface area contributed by atoms with E-state index in [0.717, 1.165) is 34.8 Å². The van der Waals surface area contributed by atoms with Gasteiger partial charge in [0.15, 0.2) is 0 Å². The summed E-state index contributed by atoms with van der Waals surface area (Å²) in [6.45, 7) is 0. The number of hydrogen-bond acceptors (Lipinski definition) is 2. The molecule has 2 heteroatoms. The molecule has 0 aliphatic heterocycles. The number of furan rings is 1. The Bertz CT molecular complexity index is 2660. The van der Waals surface area contributed by atoms with E-state index < -0.39 is 0 Å². The Labute approximate surface area is 317 Å². The zero-order valence-electron chi connectivity index (χ0n) is 30.9. The maximum atomic E-state index is 6.37. The van der Waals surface area contributed by atoms with Gasteiger partial charge in [0.2, 0.25) is 0 Å². The van der Waals surface area contributed by atoms with Gasteiger partial charge in [-0.1, -0.05) is 98.1 Å². The molecule has 0 N–H and O–H groups in total. The lowest BCUT2D eigenvalue weighted by Crippen LogP contribution is -2.55. The lowest BCUT2D eigenvalue weighted by molar-refractivity contribution is -0.0399. The Morgan fingerprint density at radius 3 is 1.85 bits per heavy atom. The average Bonchev–Trinajstić information content (AvgIpc) is 3.82. The van der Waals surface area contributed by atoms with Gasteiger partial charge >= 0.3 is 0 Å². The van der Waals surface area contributed by atoms with Crippen LogP contribution in [0.25, 0.3) is 44.2 Å². The number of fused-ring (bicyclic) bond motifs is 11. The third-order valence-electron chi connectivity index (χ3n) is 15.6. The zero-order chi connectivity index (χ0) is 35.2. The largest absolute Gasteiger partial charge is 0.456 e. The monoisotopic (exact) mass is 699 g/mol. The summed E-state index contributed by atoms with van der Waals surface area (Å²) >= 11 is 0. The molecule has 264 valence electrons. The van der Waals surface area contributed by atoms with Crippen LogP contribution < -0.4 is 4.90 Å². The summed E-state index contributed by atoms with van der Waals surface area (Å²) < 4.78 is 6.37. The van der Waals surface area contributed by atoms with Crippen LogP contribution in [-0.2, 0) is 10.8 Å². The molecule has 4 bridgehead atoms. The fourth-order valence-corrected chi connectivity index (χ4v) is 13.9. The molecule has 14 rings (SSSR count). The van der Waals surface area contributed by atoms with E-state index in [1.165, 1.54) is 114 Å². The first-order chi connectivity index (χ1) is 26.7. The second-order valence-corrected chi connectivity index (χ2v) is 18.0. The van der Waals surface area contributed by atoms with Gasteiger partial charge in [0, 0.05) is 38.7 Å². The van der Waals surface area contributed by atoms with E-state index in [-0.39, 0.29) is 10.8 Å². The molecule has 0 radical (unpaired) electrons. The van der Waals surface area contributed by atoms with Crippen molar-refractivity contribution in [3.63, 3.8) is 0 Å². The number of nitrogens with zero attached hydrogens (tertiary/aromatic N) is 1. The van der Waals surface area contributed by atoms with Gasteiger partial charge < -0.3 is 9.32 Å². The maximum absolute atomic E-state index is 6.37. The van der Waals surface area contributed by atoms with E-state index in [0.29, 0.717) is 0 Å². The van der Waals surface area contributed by atoms with Crippen LogP contribution in [0.15, 0.2) is 132 Å². The first-order valence-corrected chi connectivity index (χ1v) is 20.9. The van der Waals surface area contributed by atoms with Crippen molar-refractivity contribution in [2.24, 2.45) is 23.7 Å². The molecule has 0 saturated heterocycles. The molecule has 5 saturated carbocycles. The Kier molecular flexibility index (Phi) is 6.04. The average molecular weight is 700 g/mol. The highest BCUT2D eigenvalue weighted by Gasteiger charge is 2.61. The molecule has 7 aliphatic carbocycles. The highest BCUT2D eigenvalue weighted by molar-refractivity contribution is 6.06. The third-order valence-corrected chi connectivity index (χ3v) is 15.6. The first-order valence-electron chi connectivity index (χ1n) is 20.9. The summed E-state index contributed by atoms with van der Waals surface area (Å²) in [6, 6.07) is 49.2. The Morgan fingerprint density at radius 1 is 0.444 bits per heavy atom. The lowest BCUT2D eigenvalue weighted by Gasteiger charge is -2.61. The van der Waals surface area contributed by atoms with E-state index in [4.69, 9.17) is 4.42 Å². The van der Waals surface area contributed by atoms with Crippen LogP contribution in [0.4, 0.5) is 17.1 Å². The first kappa shape index (κ1) is 30.3. The molecular weight excluding hydrogens is 655 g/mol. The van der Waals surface area contributed by atoms with Gasteiger partial charge in [-0.25, -0.2) is 0 Å². The minimum Gasteiger partial charge on any atom is -0.456 e. The molecule has 6 aromatic carbocycles. The standard InChI is InChI=1S/C52H45NO/c1-8-22-51(23-9-1)45-13-5-2-11-40(45)43-29-36(17-20-46(43)51)53(37-18-21-50-44(30-37)42-12-4-7-15-49(42)54-50)38-16-19-41-39-10-3-6-14-47(39)52(48(41)31-38)34-25-32-24-33(27-34)28-35(52)26-32/h2-7,10-21,29-35H,1,8-9,22-28H2. The van der Waals surface area contributed by atoms with Gasteiger partial charge in [0.05, 0.1) is 0 Å². The van der Waals surface area contributed by atoms with Crippen LogP contribution in [-0.4, -0.2) is 0 Å². The van der Waals surface area contributed by atoms with Crippen molar-refractivity contribution in [3.8, 4) is 22.3 Å². The fraction of sp³-hybridized carbons (Fsp3) is 0.308. The topological polar surface area (TPSA) is 16.4 Å². The third kappa shape index (κ3) is 3.82. The normalized spacial score (nSPS) is 26.4. The second-order valence-electron chi connectivity index (χ2n) is 18.0. The van der Waals surface area contributed by atoms with Crippen LogP contribution >= 0.6 is 0 Å². The summed E-state index contributed by atoms with van der Waals surface area (Å²) in [4.78, 5) is 2.57. The summed E-state index contributed by atoms with van der Waals surface area (Å²) in [5.41, 5.74) is 18.0. The van der Waals surface area contributed by atoms with Crippen LogP contribution in [0.3, 0.4) is 0 Å². The molecule has 2 spiro atoms. The second kappa shape index (κ2) is 10.8. The highest BCUT2D eigenvalue weighted by Crippen LogP contribution is 2.69. The summed E-state index contributed by atoms with van der Waals surface area (Å²) in [7, 11) is 0.